The predicted octanol–water partition coefficient (Wildman–Crippen LogP) is 3.17. The van der Waals surface area contributed by atoms with Crippen LogP contribution in [0.2, 0.25) is 0 Å². The molecule has 6 heteroatoms. The molecule has 2 amide bonds. The van der Waals surface area contributed by atoms with E-state index < -0.39 is 0 Å². The lowest BCUT2D eigenvalue weighted by Crippen LogP contribution is -2.45. The lowest BCUT2D eigenvalue weighted by Gasteiger charge is -2.33. The maximum atomic E-state index is 12.7. The van der Waals surface area contributed by atoms with E-state index in [0.717, 1.165) is 29.7 Å². The summed E-state index contributed by atoms with van der Waals surface area (Å²) in [4.78, 5) is 20.1. The Morgan fingerprint density at radius 3 is 2.64 bits per heavy atom. The Labute approximate surface area is 149 Å². The van der Waals surface area contributed by atoms with Gasteiger partial charge >= 0.3 is 6.03 Å². The Morgan fingerprint density at radius 2 is 2.04 bits per heavy atom. The fourth-order valence-corrected chi connectivity index (χ4v) is 2.90. The number of hydrogen-bond donors (Lipinski definition) is 0. The Bertz CT molecular complexity index is 651. The standard InChI is InChI=1S/C19H27N3O3/c1-14-6-7-15(12-18(14)24-5)17(20-2)13-21(3)19(23)22(4)16-8-10-25-11-9-16/h6-7,12-13,16H,2,8-11H2,1,3-5H3. The highest BCUT2D eigenvalue weighted by atomic mass is 16.5. The van der Waals surface area contributed by atoms with Gasteiger partial charge in [-0.2, -0.15) is 0 Å². The van der Waals surface area contributed by atoms with Gasteiger partial charge in [0.2, 0.25) is 0 Å². The Hall–Kier alpha value is -2.34. The third-order valence-corrected chi connectivity index (χ3v) is 4.53. The van der Waals surface area contributed by atoms with Crippen molar-refractivity contribution in [1.29, 1.82) is 0 Å². The first-order chi connectivity index (χ1) is 12.0. The van der Waals surface area contributed by atoms with Crippen molar-refractivity contribution in [3.8, 4) is 5.75 Å². The van der Waals surface area contributed by atoms with Crippen LogP contribution in [0.1, 0.15) is 24.0 Å². The zero-order chi connectivity index (χ0) is 18.4. The Morgan fingerprint density at radius 1 is 1.36 bits per heavy atom. The van der Waals surface area contributed by atoms with Gasteiger partial charge in [0.1, 0.15) is 5.75 Å². The number of carbonyl (C=O) groups is 1. The number of rotatable bonds is 5. The zero-order valence-electron chi connectivity index (χ0n) is 15.5. The number of hydrogen-bond acceptors (Lipinski definition) is 4. The van der Waals surface area contributed by atoms with Crippen LogP contribution in [0.4, 0.5) is 4.79 Å². The van der Waals surface area contributed by atoms with E-state index >= 15 is 0 Å². The number of amides is 2. The molecule has 1 aliphatic rings. The average Bonchev–Trinajstić information content (AvgIpc) is 2.65. The van der Waals surface area contributed by atoms with E-state index in [0.29, 0.717) is 18.9 Å². The molecule has 0 aromatic heterocycles. The van der Waals surface area contributed by atoms with Crippen LogP contribution in [0.3, 0.4) is 0 Å². The summed E-state index contributed by atoms with van der Waals surface area (Å²) in [6, 6.07) is 5.93. The molecule has 1 aromatic carbocycles. The number of benzene rings is 1. The molecule has 0 N–H and O–H groups in total. The molecule has 0 radical (unpaired) electrons. The van der Waals surface area contributed by atoms with Crippen LogP contribution in [0.15, 0.2) is 29.4 Å². The van der Waals surface area contributed by atoms with Crippen LogP contribution in [0.5, 0.6) is 5.75 Å². The minimum absolute atomic E-state index is 0.0767. The van der Waals surface area contributed by atoms with Crippen LogP contribution in [0, 0.1) is 6.92 Å². The third-order valence-electron chi connectivity index (χ3n) is 4.53. The molecule has 0 bridgehead atoms. The van der Waals surface area contributed by atoms with Crippen LogP contribution in [-0.4, -0.2) is 63.0 Å². The van der Waals surface area contributed by atoms with Gasteiger partial charge in [0.15, 0.2) is 0 Å². The second kappa shape index (κ2) is 8.67. The summed E-state index contributed by atoms with van der Waals surface area (Å²) in [7, 11) is 5.20. The van der Waals surface area contributed by atoms with Crippen molar-refractivity contribution in [2.45, 2.75) is 25.8 Å². The van der Waals surface area contributed by atoms with E-state index in [1.807, 2.05) is 32.2 Å². The molecule has 6 nitrogen and oxygen atoms in total. The van der Waals surface area contributed by atoms with Crippen molar-refractivity contribution < 1.29 is 14.3 Å². The predicted molar refractivity (Wildman–Crippen MR) is 100 cm³/mol. The summed E-state index contributed by atoms with van der Waals surface area (Å²) in [5.41, 5.74) is 2.51. The highest BCUT2D eigenvalue weighted by molar-refractivity contribution is 5.78. The van der Waals surface area contributed by atoms with Crippen LogP contribution < -0.4 is 4.74 Å². The number of ether oxygens (including phenoxy) is 2. The summed E-state index contributed by atoms with van der Waals surface area (Å²) in [5.74, 6) is 0.778. The van der Waals surface area contributed by atoms with Crippen molar-refractivity contribution >= 4 is 18.4 Å². The lowest BCUT2D eigenvalue weighted by molar-refractivity contribution is 0.0495. The summed E-state index contributed by atoms with van der Waals surface area (Å²) >= 11 is 0. The number of aryl methyl sites for hydroxylation is 1. The molecule has 1 heterocycles. The maximum Gasteiger partial charge on any atom is 0.323 e. The second-order valence-electron chi connectivity index (χ2n) is 6.20. The molecule has 0 atom stereocenters. The largest absolute Gasteiger partial charge is 0.496 e. The van der Waals surface area contributed by atoms with Gasteiger partial charge in [0.25, 0.3) is 0 Å². The molecule has 1 aromatic rings. The zero-order valence-corrected chi connectivity index (χ0v) is 15.5. The van der Waals surface area contributed by atoms with Gasteiger partial charge in [-0.25, -0.2) is 4.79 Å². The lowest BCUT2D eigenvalue weighted by atomic mass is 10.1. The molecule has 25 heavy (non-hydrogen) atoms. The smallest absolute Gasteiger partial charge is 0.323 e. The summed E-state index contributed by atoms with van der Waals surface area (Å²) in [5, 5.41) is 0. The molecular formula is C19H27N3O3. The monoisotopic (exact) mass is 345 g/mol. The topological polar surface area (TPSA) is 54.4 Å². The minimum atomic E-state index is -0.0767. The highest BCUT2D eigenvalue weighted by Crippen LogP contribution is 2.25. The van der Waals surface area contributed by atoms with Crippen molar-refractivity contribution in [2.24, 2.45) is 4.99 Å². The number of urea groups is 1. The first-order valence-electron chi connectivity index (χ1n) is 8.38. The summed E-state index contributed by atoms with van der Waals surface area (Å²) in [6.07, 6.45) is 3.43. The summed E-state index contributed by atoms with van der Waals surface area (Å²) in [6.45, 7) is 7.01. The number of carbonyl (C=O) groups excluding carboxylic acids is 1. The summed E-state index contributed by atoms with van der Waals surface area (Å²) < 4.78 is 10.7. The van der Waals surface area contributed by atoms with Crippen molar-refractivity contribution in [2.75, 3.05) is 34.4 Å². The van der Waals surface area contributed by atoms with E-state index in [1.54, 1.807) is 30.2 Å². The molecule has 2 rings (SSSR count). The first-order valence-corrected chi connectivity index (χ1v) is 8.38. The van der Waals surface area contributed by atoms with E-state index in [1.165, 1.54) is 0 Å². The van der Waals surface area contributed by atoms with Gasteiger partial charge in [0.05, 0.1) is 12.8 Å². The molecular weight excluding hydrogens is 318 g/mol. The SMILES string of the molecule is C=NC(=CN(C)C(=O)N(C)C1CCOCC1)c1ccc(C)c(OC)c1. The molecule has 0 saturated carbocycles. The van der Waals surface area contributed by atoms with Crippen LogP contribution in [-0.2, 0) is 4.74 Å². The fourth-order valence-electron chi connectivity index (χ4n) is 2.90. The molecule has 136 valence electrons. The van der Waals surface area contributed by atoms with E-state index in [9.17, 15) is 4.79 Å². The third kappa shape index (κ3) is 4.60. The molecule has 1 aliphatic heterocycles. The number of nitrogens with zero attached hydrogens (tertiary/aromatic N) is 3. The van der Waals surface area contributed by atoms with Crippen LogP contribution >= 0.6 is 0 Å². The average molecular weight is 345 g/mol. The Kier molecular flexibility index (Phi) is 6.58. The molecule has 0 aliphatic carbocycles. The maximum absolute atomic E-state index is 12.7. The normalized spacial score (nSPS) is 15.6. The van der Waals surface area contributed by atoms with Gasteiger partial charge in [-0.3, -0.25) is 4.99 Å². The molecule has 1 saturated heterocycles. The Balaban J connectivity index is 2.17. The first kappa shape index (κ1) is 19.0. The van der Waals surface area contributed by atoms with Gasteiger partial charge in [-0.15, -0.1) is 0 Å². The molecule has 1 fully saturated rings. The highest BCUT2D eigenvalue weighted by Gasteiger charge is 2.24. The second-order valence-corrected chi connectivity index (χ2v) is 6.20. The van der Waals surface area contributed by atoms with E-state index in [4.69, 9.17) is 9.47 Å². The molecule has 0 spiro atoms. The van der Waals surface area contributed by atoms with Gasteiger partial charge in [-0.1, -0.05) is 12.1 Å². The minimum Gasteiger partial charge on any atom is -0.496 e. The quantitative estimate of drug-likeness (QED) is 0.770. The van der Waals surface area contributed by atoms with Crippen molar-refractivity contribution in [1.82, 2.24) is 9.80 Å². The van der Waals surface area contributed by atoms with Crippen molar-refractivity contribution in [3.63, 3.8) is 0 Å². The van der Waals surface area contributed by atoms with E-state index in [-0.39, 0.29) is 12.1 Å². The number of methoxy groups -OCH3 is 1. The van der Waals surface area contributed by atoms with Gasteiger partial charge in [0, 0.05) is 45.1 Å². The fraction of sp³-hybridized carbons (Fsp3) is 0.474. The van der Waals surface area contributed by atoms with Gasteiger partial charge < -0.3 is 19.3 Å². The van der Waals surface area contributed by atoms with Gasteiger partial charge in [-0.05, 0) is 38.1 Å². The number of aliphatic imine (C=N–C) groups is 1. The van der Waals surface area contributed by atoms with E-state index in [2.05, 4.69) is 11.7 Å². The van der Waals surface area contributed by atoms with Crippen molar-refractivity contribution in [3.05, 3.63) is 35.5 Å². The molecule has 0 unspecified atom stereocenters. The van der Waals surface area contributed by atoms with Crippen LogP contribution in [0.25, 0.3) is 5.70 Å².